The Balaban J connectivity index is 2.54. The second-order valence-corrected chi connectivity index (χ2v) is 3.97. The highest BCUT2D eigenvalue weighted by Gasteiger charge is 2.09. The van der Waals surface area contributed by atoms with E-state index in [4.69, 9.17) is 16.3 Å². The van der Waals surface area contributed by atoms with Gasteiger partial charge < -0.3 is 4.74 Å². The van der Waals surface area contributed by atoms with Gasteiger partial charge in [0.05, 0.1) is 11.6 Å². The van der Waals surface area contributed by atoms with Crippen LogP contribution in [-0.4, -0.2) is 23.5 Å². The highest BCUT2D eigenvalue weighted by Crippen LogP contribution is 2.15. The molecule has 0 N–H and O–H groups in total. The number of unbranched alkanes of at least 4 members (excludes halogenated alkanes) is 1. The molecule has 0 radical (unpaired) electrons. The molecule has 1 rings (SSSR count). The first-order chi connectivity index (χ1) is 7.20. The van der Waals surface area contributed by atoms with Crippen molar-refractivity contribution in [2.45, 2.75) is 39.1 Å². The summed E-state index contributed by atoms with van der Waals surface area (Å²) in [5.74, 6) is 0.551. The molecule has 86 valence electrons. The average molecular weight is 231 g/mol. The molecule has 0 amide bonds. The van der Waals surface area contributed by atoms with Gasteiger partial charge in [-0.3, -0.25) is 4.68 Å². The third-order valence-corrected chi connectivity index (χ3v) is 2.90. The largest absolute Gasteiger partial charge is 0.385 e. The molecule has 0 aliphatic rings. The molecule has 0 saturated heterocycles. The normalized spacial score (nSPS) is 10.9. The number of nitrogens with zero attached hydrogens (tertiary/aromatic N) is 2. The van der Waals surface area contributed by atoms with Crippen LogP contribution in [0.3, 0.4) is 0 Å². The van der Waals surface area contributed by atoms with E-state index in [9.17, 15) is 0 Å². The van der Waals surface area contributed by atoms with Crippen molar-refractivity contribution >= 4 is 11.6 Å². The highest BCUT2D eigenvalue weighted by atomic mass is 35.5. The molecule has 15 heavy (non-hydrogen) atoms. The van der Waals surface area contributed by atoms with E-state index in [1.54, 1.807) is 7.11 Å². The van der Waals surface area contributed by atoms with Crippen LogP contribution in [0.5, 0.6) is 0 Å². The van der Waals surface area contributed by atoms with Crippen LogP contribution in [-0.2, 0) is 17.2 Å². The summed E-state index contributed by atoms with van der Waals surface area (Å²) in [6.45, 7) is 5.86. The summed E-state index contributed by atoms with van der Waals surface area (Å²) in [7, 11) is 1.73. The smallest absolute Gasteiger partial charge is 0.0640 e. The first-order valence-electron chi connectivity index (χ1n) is 5.28. The lowest BCUT2D eigenvalue weighted by Gasteiger charge is -2.04. The minimum absolute atomic E-state index is 0.551. The Morgan fingerprint density at radius 2 is 2.07 bits per heavy atom. The Hall–Kier alpha value is -0.540. The summed E-state index contributed by atoms with van der Waals surface area (Å²) in [6, 6.07) is 0. The first-order valence-corrected chi connectivity index (χ1v) is 5.82. The van der Waals surface area contributed by atoms with E-state index < -0.39 is 0 Å². The minimum atomic E-state index is 0.551. The van der Waals surface area contributed by atoms with E-state index >= 15 is 0 Å². The summed E-state index contributed by atoms with van der Waals surface area (Å²) in [4.78, 5) is 0. The van der Waals surface area contributed by atoms with Gasteiger partial charge in [0.1, 0.15) is 0 Å². The van der Waals surface area contributed by atoms with Gasteiger partial charge in [-0.1, -0.05) is 0 Å². The topological polar surface area (TPSA) is 27.1 Å². The van der Waals surface area contributed by atoms with E-state index in [-0.39, 0.29) is 0 Å². The average Bonchev–Trinajstić information content (AvgIpc) is 2.49. The zero-order chi connectivity index (χ0) is 11.3. The molecule has 0 aliphatic heterocycles. The van der Waals surface area contributed by atoms with Gasteiger partial charge in [-0.2, -0.15) is 5.10 Å². The number of aromatic nitrogens is 2. The summed E-state index contributed by atoms with van der Waals surface area (Å²) in [5, 5.41) is 4.47. The van der Waals surface area contributed by atoms with Crippen LogP contribution >= 0.6 is 11.6 Å². The Labute approximate surface area is 96.4 Å². The Kier molecular flexibility index (Phi) is 5.12. The molecule has 0 saturated carbocycles. The predicted octanol–water partition coefficient (Wildman–Crippen LogP) is 2.67. The predicted molar refractivity (Wildman–Crippen MR) is 62.4 cm³/mol. The van der Waals surface area contributed by atoms with Crippen molar-refractivity contribution < 1.29 is 4.74 Å². The van der Waals surface area contributed by atoms with Gasteiger partial charge in [-0.25, -0.2) is 0 Å². The highest BCUT2D eigenvalue weighted by molar-refractivity contribution is 6.17. The van der Waals surface area contributed by atoms with E-state index in [1.807, 2.05) is 11.6 Å². The Bertz CT molecular complexity index is 310. The molecule has 0 fully saturated rings. The second-order valence-electron chi connectivity index (χ2n) is 3.71. The number of hydrogen-bond acceptors (Lipinski definition) is 2. The van der Waals surface area contributed by atoms with Crippen LogP contribution in [0.15, 0.2) is 0 Å². The number of ether oxygens (including phenoxy) is 1. The van der Waals surface area contributed by atoms with Crippen LogP contribution < -0.4 is 0 Å². The molecule has 0 bridgehead atoms. The third kappa shape index (κ3) is 3.21. The van der Waals surface area contributed by atoms with Crippen molar-refractivity contribution in [2.24, 2.45) is 0 Å². The number of halogens is 1. The summed E-state index contributed by atoms with van der Waals surface area (Å²) in [6.07, 6.45) is 2.17. The van der Waals surface area contributed by atoms with Crippen molar-refractivity contribution in [2.75, 3.05) is 13.7 Å². The molecular formula is C11H19ClN2O. The fourth-order valence-corrected chi connectivity index (χ4v) is 2.04. The SMILES string of the molecule is COCCCCn1nc(C)c(CCl)c1C. The summed E-state index contributed by atoms with van der Waals surface area (Å²) in [5.41, 5.74) is 3.41. The lowest BCUT2D eigenvalue weighted by Crippen LogP contribution is -2.04. The van der Waals surface area contributed by atoms with Crippen LogP contribution in [0, 0.1) is 13.8 Å². The number of hydrogen-bond donors (Lipinski definition) is 0. The van der Waals surface area contributed by atoms with Crippen LogP contribution in [0.4, 0.5) is 0 Å². The molecule has 1 heterocycles. The third-order valence-electron chi connectivity index (χ3n) is 2.63. The summed E-state index contributed by atoms with van der Waals surface area (Å²) < 4.78 is 7.05. The maximum Gasteiger partial charge on any atom is 0.0640 e. The maximum atomic E-state index is 5.86. The van der Waals surface area contributed by atoms with Gasteiger partial charge in [0.15, 0.2) is 0 Å². The van der Waals surface area contributed by atoms with Crippen molar-refractivity contribution in [1.29, 1.82) is 0 Å². The number of methoxy groups -OCH3 is 1. The number of aryl methyl sites for hydroxylation is 2. The van der Waals surface area contributed by atoms with Crippen molar-refractivity contribution in [3.05, 3.63) is 17.0 Å². The van der Waals surface area contributed by atoms with Gasteiger partial charge in [0.25, 0.3) is 0 Å². The van der Waals surface area contributed by atoms with Gasteiger partial charge >= 0.3 is 0 Å². The molecule has 0 aromatic carbocycles. The number of rotatable bonds is 6. The van der Waals surface area contributed by atoms with Crippen molar-refractivity contribution in [3.63, 3.8) is 0 Å². The van der Waals surface area contributed by atoms with Gasteiger partial charge in [0.2, 0.25) is 0 Å². The zero-order valence-electron chi connectivity index (χ0n) is 9.72. The van der Waals surface area contributed by atoms with Gasteiger partial charge in [0, 0.05) is 31.5 Å². The monoisotopic (exact) mass is 230 g/mol. The molecule has 0 spiro atoms. The maximum absolute atomic E-state index is 5.86. The van der Waals surface area contributed by atoms with Crippen molar-refractivity contribution in [1.82, 2.24) is 9.78 Å². The molecule has 1 aromatic heterocycles. The zero-order valence-corrected chi connectivity index (χ0v) is 10.5. The first kappa shape index (κ1) is 12.5. The Morgan fingerprint density at radius 1 is 1.33 bits per heavy atom. The van der Waals surface area contributed by atoms with E-state index in [0.29, 0.717) is 5.88 Å². The van der Waals surface area contributed by atoms with Crippen LogP contribution in [0.1, 0.15) is 29.8 Å². The van der Waals surface area contributed by atoms with Crippen LogP contribution in [0.2, 0.25) is 0 Å². The van der Waals surface area contributed by atoms with Crippen molar-refractivity contribution in [3.8, 4) is 0 Å². The van der Waals surface area contributed by atoms with Gasteiger partial charge in [-0.15, -0.1) is 11.6 Å². The molecule has 4 heteroatoms. The lowest BCUT2D eigenvalue weighted by molar-refractivity contribution is 0.191. The molecule has 0 aliphatic carbocycles. The minimum Gasteiger partial charge on any atom is -0.385 e. The second kappa shape index (κ2) is 6.13. The lowest BCUT2D eigenvalue weighted by atomic mass is 10.2. The van der Waals surface area contributed by atoms with E-state index in [2.05, 4.69) is 12.0 Å². The van der Waals surface area contributed by atoms with E-state index in [0.717, 1.165) is 31.7 Å². The fraction of sp³-hybridized carbons (Fsp3) is 0.727. The molecule has 1 aromatic rings. The standard InChI is InChI=1S/C11H19ClN2O/c1-9-11(8-12)10(2)14(13-9)6-4-5-7-15-3/h4-8H2,1-3H3. The molecular weight excluding hydrogens is 212 g/mol. The van der Waals surface area contributed by atoms with Crippen LogP contribution in [0.25, 0.3) is 0 Å². The molecule has 0 atom stereocenters. The van der Waals surface area contributed by atoms with Gasteiger partial charge in [-0.05, 0) is 26.7 Å². The quantitative estimate of drug-likeness (QED) is 0.555. The summed E-state index contributed by atoms with van der Waals surface area (Å²) >= 11 is 5.86. The molecule has 0 unspecified atom stereocenters. The Morgan fingerprint density at radius 3 is 2.60 bits per heavy atom. The number of alkyl halides is 1. The fourth-order valence-electron chi connectivity index (χ4n) is 1.65. The molecule has 3 nitrogen and oxygen atoms in total. The van der Waals surface area contributed by atoms with E-state index in [1.165, 1.54) is 11.3 Å².